The van der Waals surface area contributed by atoms with Gasteiger partial charge in [0, 0.05) is 26.1 Å². The summed E-state index contributed by atoms with van der Waals surface area (Å²) >= 11 is 0. The molecule has 1 fully saturated rings. The number of carbonyl (C=O) groups is 1. The lowest BCUT2D eigenvalue weighted by Gasteiger charge is -2.20. The van der Waals surface area contributed by atoms with Gasteiger partial charge < -0.3 is 10.2 Å². The van der Waals surface area contributed by atoms with E-state index in [9.17, 15) is 4.79 Å². The second kappa shape index (κ2) is 6.27. The predicted octanol–water partition coefficient (Wildman–Crippen LogP) is 2.94. The molecular formula is C18H22N2O. The zero-order chi connectivity index (χ0) is 14.7. The van der Waals surface area contributed by atoms with E-state index in [1.807, 2.05) is 18.0 Å². The summed E-state index contributed by atoms with van der Waals surface area (Å²) in [6.45, 7) is 1.72. The Bertz CT molecular complexity index is 627. The highest BCUT2D eigenvalue weighted by Gasteiger charge is 2.20. The van der Waals surface area contributed by atoms with Crippen molar-refractivity contribution in [3.05, 3.63) is 48.0 Å². The first-order chi connectivity index (χ1) is 10.2. The van der Waals surface area contributed by atoms with Gasteiger partial charge >= 0.3 is 0 Å². The molecule has 2 aromatic rings. The van der Waals surface area contributed by atoms with Crippen LogP contribution in [-0.2, 0) is 11.3 Å². The molecule has 3 nitrogen and oxygen atoms in total. The van der Waals surface area contributed by atoms with Gasteiger partial charge in [0.25, 0.3) is 0 Å². The number of hydrogen-bond donors (Lipinski definition) is 1. The SMILES string of the molecule is CN(Cc1cccc2ccccc12)C(=O)CC1CCCN1. The van der Waals surface area contributed by atoms with Gasteiger partial charge in [-0.05, 0) is 35.7 Å². The third-order valence-corrected chi connectivity index (χ3v) is 4.30. The average molecular weight is 282 g/mol. The lowest BCUT2D eigenvalue weighted by Crippen LogP contribution is -2.33. The molecule has 0 aromatic heterocycles. The molecule has 3 heteroatoms. The number of carbonyl (C=O) groups excluding carboxylic acids is 1. The Morgan fingerprint density at radius 2 is 2.05 bits per heavy atom. The van der Waals surface area contributed by atoms with Gasteiger partial charge in [-0.15, -0.1) is 0 Å². The van der Waals surface area contributed by atoms with Crippen LogP contribution in [-0.4, -0.2) is 30.4 Å². The van der Waals surface area contributed by atoms with Crippen molar-refractivity contribution in [3.63, 3.8) is 0 Å². The van der Waals surface area contributed by atoms with E-state index in [0.717, 1.165) is 13.0 Å². The van der Waals surface area contributed by atoms with Crippen LogP contribution in [0.4, 0.5) is 0 Å². The molecule has 1 saturated heterocycles. The fourth-order valence-corrected chi connectivity index (χ4v) is 3.07. The van der Waals surface area contributed by atoms with Crippen molar-refractivity contribution in [2.24, 2.45) is 0 Å². The van der Waals surface area contributed by atoms with Crippen LogP contribution in [0.25, 0.3) is 10.8 Å². The van der Waals surface area contributed by atoms with E-state index in [1.165, 1.54) is 22.8 Å². The minimum Gasteiger partial charge on any atom is -0.341 e. The summed E-state index contributed by atoms with van der Waals surface area (Å²) in [6, 6.07) is 15.0. The van der Waals surface area contributed by atoms with Crippen LogP contribution in [0.15, 0.2) is 42.5 Å². The van der Waals surface area contributed by atoms with Crippen LogP contribution in [0, 0.1) is 0 Å². The van der Waals surface area contributed by atoms with E-state index in [0.29, 0.717) is 19.0 Å². The Labute approximate surface area is 125 Å². The lowest BCUT2D eigenvalue weighted by molar-refractivity contribution is -0.130. The summed E-state index contributed by atoms with van der Waals surface area (Å²) in [7, 11) is 1.90. The van der Waals surface area contributed by atoms with E-state index in [2.05, 4.69) is 41.7 Å². The van der Waals surface area contributed by atoms with Gasteiger partial charge in [-0.1, -0.05) is 42.5 Å². The number of nitrogens with one attached hydrogen (secondary N) is 1. The Hall–Kier alpha value is -1.87. The van der Waals surface area contributed by atoms with Gasteiger partial charge in [-0.25, -0.2) is 0 Å². The Morgan fingerprint density at radius 1 is 1.24 bits per heavy atom. The second-order valence-corrected chi connectivity index (χ2v) is 5.89. The molecule has 1 N–H and O–H groups in total. The molecular weight excluding hydrogens is 260 g/mol. The molecule has 110 valence electrons. The molecule has 3 rings (SSSR count). The van der Waals surface area contributed by atoms with Gasteiger partial charge in [0.05, 0.1) is 0 Å². The summed E-state index contributed by atoms with van der Waals surface area (Å²) < 4.78 is 0. The van der Waals surface area contributed by atoms with Crippen molar-refractivity contribution >= 4 is 16.7 Å². The number of nitrogens with zero attached hydrogens (tertiary/aromatic N) is 1. The fourth-order valence-electron chi connectivity index (χ4n) is 3.07. The summed E-state index contributed by atoms with van der Waals surface area (Å²) in [5.74, 6) is 0.224. The van der Waals surface area contributed by atoms with Gasteiger partial charge in [0.15, 0.2) is 0 Å². The van der Waals surface area contributed by atoms with Crippen LogP contribution in [0.1, 0.15) is 24.8 Å². The highest BCUT2D eigenvalue weighted by molar-refractivity contribution is 5.86. The van der Waals surface area contributed by atoms with Crippen LogP contribution in [0.2, 0.25) is 0 Å². The van der Waals surface area contributed by atoms with Gasteiger partial charge in [0.1, 0.15) is 0 Å². The van der Waals surface area contributed by atoms with Crippen molar-refractivity contribution in [1.29, 1.82) is 0 Å². The molecule has 1 aliphatic heterocycles. The lowest BCUT2D eigenvalue weighted by atomic mass is 10.0. The topological polar surface area (TPSA) is 32.3 Å². The number of benzene rings is 2. The molecule has 1 amide bonds. The quantitative estimate of drug-likeness (QED) is 0.935. The third-order valence-electron chi connectivity index (χ3n) is 4.30. The number of rotatable bonds is 4. The Balaban J connectivity index is 1.70. The molecule has 0 aliphatic carbocycles. The summed E-state index contributed by atoms with van der Waals surface area (Å²) in [4.78, 5) is 14.2. The van der Waals surface area contributed by atoms with Crippen LogP contribution in [0.5, 0.6) is 0 Å². The van der Waals surface area contributed by atoms with Crippen molar-refractivity contribution in [2.45, 2.75) is 31.8 Å². The van der Waals surface area contributed by atoms with Crippen LogP contribution >= 0.6 is 0 Å². The standard InChI is InChI=1S/C18H22N2O/c1-20(18(21)12-16-9-5-11-19-16)13-15-8-4-7-14-6-2-3-10-17(14)15/h2-4,6-8,10,16,19H,5,9,11-13H2,1H3. The van der Waals surface area contributed by atoms with Gasteiger partial charge in [-0.3, -0.25) is 4.79 Å². The van der Waals surface area contributed by atoms with E-state index in [-0.39, 0.29) is 5.91 Å². The molecule has 0 spiro atoms. The molecule has 0 bridgehead atoms. The van der Waals surface area contributed by atoms with Crippen LogP contribution in [0.3, 0.4) is 0 Å². The molecule has 1 heterocycles. The maximum Gasteiger partial charge on any atom is 0.224 e. The van der Waals surface area contributed by atoms with E-state index in [4.69, 9.17) is 0 Å². The first kappa shape index (κ1) is 14.1. The minimum absolute atomic E-state index is 0.224. The third kappa shape index (κ3) is 3.24. The molecule has 0 saturated carbocycles. The highest BCUT2D eigenvalue weighted by Crippen LogP contribution is 2.20. The zero-order valence-electron chi connectivity index (χ0n) is 12.5. The fraction of sp³-hybridized carbons (Fsp3) is 0.389. The van der Waals surface area contributed by atoms with Crippen LogP contribution < -0.4 is 5.32 Å². The summed E-state index contributed by atoms with van der Waals surface area (Å²) in [5.41, 5.74) is 1.21. The average Bonchev–Trinajstić information content (AvgIpc) is 3.00. The monoisotopic (exact) mass is 282 g/mol. The molecule has 1 aliphatic rings. The van der Waals surface area contributed by atoms with E-state index < -0.39 is 0 Å². The second-order valence-electron chi connectivity index (χ2n) is 5.89. The number of fused-ring (bicyclic) bond motifs is 1. The van der Waals surface area contributed by atoms with Crippen molar-refractivity contribution in [1.82, 2.24) is 10.2 Å². The molecule has 1 atom stereocenters. The minimum atomic E-state index is 0.224. The van der Waals surface area contributed by atoms with E-state index in [1.54, 1.807) is 0 Å². The van der Waals surface area contributed by atoms with Crippen molar-refractivity contribution in [2.75, 3.05) is 13.6 Å². The first-order valence-corrected chi connectivity index (χ1v) is 7.68. The predicted molar refractivity (Wildman–Crippen MR) is 86.1 cm³/mol. The largest absolute Gasteiger partial charge is 0.341 e. The number of hydrogen-bond acceptors (Lipinski definition) is 2. The normalized spacial score (nSPS) is 18.0. The maximum absolute atomic E-state index is 12.3. The molecule has 1 unspecified atom stereocenters. The highest BCUT2D eigenvalue weighted by atomic mass is 16.2. The summed E-state index contributed by atoms with van der Waals surface area (Å²) in [5, 5.41) is 5.85. The maximum atomic E-state index is 12.3. The molecule has 21 heavy (non-hydrogen) atoms. The zero-order valence-corrected chi connectivity index (χ0v) is 12.5. The summed E-state index contributed by atoms with van der Waals surface area (Å²) in [6.07, 6.45) is 2.92. The van der Waals surface area contributed by atoms with Crippen molar-refractivity contribution < 1.29 is 4.79 Å². The smallest absolute Gasteiger partial charge is 0.224 e. The van der Waals surface area contributed by atoms with Gasteiger partial charge in [0.2, 0.25) is 5.91 Å². The van der Waals surface area contributed by atoms with Crippen molar-refractivity contribution in [3.8, 4) is 0 Å². The Kier molecular flexibility index (Phi) is 4.20. The molecule has 0 radical (unpaired) electrons. The van der Waals surface area contributed by atoms with E-state index >= 15 is 0 Å². The van der Waals surface area contributed by atoms with Gasteiger partial charge in [-0.2, -0.15) is 0 Å². The first-order valence-electron chi connectivity index (χ1n) is 7.68. The number of amides is 1. The Morgan fingerprint density at radius 3 is 2.86 bits per heavy atom. The molecule has 2 aromatic carbocycles.